The number of Topliss-reactive ketones (excluding diaryl/α,β-unsaturated/α-hetero) is 1. The Kier molecular flexibility index (Phi) is 7.09. The topological polar surface area (TPSA) is 89.2 Å². The predicted octanol–water partition coefficient (Wildman–Crippen LogP) is 5.60. The fourth-order valence-corrected chi connectivity index (χ4v) is 4.52. The van der Waals surface area contributed by atoms with Gasteiger partial charge in [-0.15, -0.1) is 0 Å². The van der Waals surface area contributed by atoms with Crippen LogP contribution in [0.1, 0.15) is 42.4 Å². The molecule has 0 saturated carbocycles. The molecule has 1 unspecified atom stereocenters. The Labute approximate surface area is 206 Å². The number of rotatable bonds is 9. The van der Waals surface area contributed by atoms with E-state index in [0.29, 0.717) is 36.5 Å². The maximum atomic E-state index is 13.7. The zero-order valence-electron chi connectivity index (χ0n) is 19.2. The number of carbonyl (C=O) groups is 2. The number of fused-ring (bicyclic) bond motifs is 1. The number of ketones is 1. The number of para-hydroxylation sites is 1. The summed E-state index contributed by atoms with van der Waals surface area (Å²) in [5.74, 6) is -1.14. The number of nitrogens with zero attached hydrogens (tertiary/aromatic N) is 1. The number of amides is 1. The van der Waals surface area contributed by atoms with Gasteiger partial charge in [0.15, 0.2) is 11.5 Å². The Morgan fingerprint density at radius 3 is 2.71 bits per heavy atom. The van der Waals surface area contributed by atoms with E-state index < -0.39 is 23.5 Å². The van der Waals surface area contributed by atoms with Crippen LogP contribution in [0, 0.1) is 0 Å². The van der Waals surface area contributed by atoms with Crippen LogP contribution in [-0.4, -0.2) is 48.1 Å². The predicted molar refractivity (Wildman–Crippen MR) is 131 cm³/mol. The van der Waals surface area contributed by atoms with Gasteiger partial charge in [-0.3, -0.25) is 9.59 Å². The van der Waals surface area contributed by atoms with Crippen molar-refractivity contribution in [1.29, 1.82) is 0 Å². The Morgan fingerprint density at radius 1 is 1.21 bits per heavy atom. The number of furan rings is 1. The van der Waals surface area contributed by atoms with Gasteiger partial charge in [-0.2, -0.15) is 0 Å². The smallest absolute Gasteiger partial charge is 0.290 e. The summed E-state index contributed by atoms with van der Waals surface area (Å²) >= 11 is 3.42. The molecule has 0 fully saturated rings. The first kappa shape index (κ1) is 24.0. The summed E-state index contributed by atoms with van der Waals surface area (Å²) in [6, 6.07) is 13.4. The number of carbonyl (C=O) groups excluding carboxylic acids is 2. The molecule has 4 rings (SSSR count). The Balaban J connectivity index is 1.81. The summed E-state index contributed by atoms with van der Waals surface area (Å²) in [7, 11) is 1.58. The van der Waals surface area contributed by atoms with Gasteiger partial charge in [-0.05, 0) is 50.6 Å². The minimum atomic E-state index is -0.827. The molecule has 2 aromatic carbocycles. The molecule has 178 valence electrons. The fraction of sp³-hybridized carbons (Fsp3) is 0.308. The van der Waals surface area contributed by atoms with E-state index in [2.05, 4.69) is 15.9 Å². The van der Waals surface area contributed by atoms with Crippen LogP contribution < -0.4 is 4.74 Å². The van der Waals surface area contributed by atoms with Gasteiger partial charge in [0, 0.05) is 35.7 Å². The van der Waals surface area contributed by atoms with Crippen LogP contribution in [-0.2, 0) is 9.53 Å². The number of benzene rings is 2. The van der Waals surface area contributed by atoms with Crippen LogP contribution in [0.3, 0.4) is 0 Å². The molecule has 0 spiro atoms. The zero-order valence-corrected chi connectivity index (χ0v) is 20.8. The lowest BCUT2D eigenvalue weighted by atomic mass is 9.94. The number of hydrogen-bond donors (Lipinski definition) is 1. The van der Waals surface area contributed by atoms with Gasteiger partial charge < -0.3 is 23.9 Å². The first-order valence-electron chi connectivity index (χ1n) is 11.0. The molecular weight excluding hydrogens is 502 g/mol. The first-order chi connectivity index (χ1) is 16.3. The van der Waals surface area contributed by atoms with E-state index in [0.717, 1.165) is 9.86 Å². The van der Waals surface area contributed by atoms with Crippen molar-refractivity contribution in [1.82, 2.24) is 4.90 Å². The summed E-state index contributed by atoms with van der Waals surface area (Å²) in [4.78, 5) is 28.3. The van der Waals surface area contributed by atoms with Crippen molar-refractivity contribution >= 4 is 38.6 Å². The summed E-state index contributed by atoms with van der Waals surface area (Å²) in [5.41, 5.74) is 1.13. The van der Waals surface area contributed by atoms with Gasteiger partial charge in [0.2, 0.25) is 5.78 Å². The highest BCUT2D eigenvalue weighted by molar-refractivity contribution is 9.10. The number of aliphatic hydroxyl groups excluding tert-OH is 1. The standard InChI is InChI=1S/C26H26BrNO6/c1-15(2)33-20-8-5-4-7-18(20)23-22(25(30)26(31)28(23)11-6-12-32-3)24(29)21-14-16-13-17(27)9-10-19(16)34-21/h4-5,7-10,13-15,23,30H,6,11-12H2,1-3H3. The third-order valence-electron chi connectivity index (χ3n) is 5.57. The highest BCUT2D eigenvalue weighted by Gasteiger charge is 2.45. The summed E-state index contributed by atoms with van der Waals surface area (Å²) in [6.45, 7) is 4.53. The van der Waals surface area contributed by atoms with Crippen LogP contribution in [0.5, 0.6) is 5.75 Å². The van der Waals surface area contributed by atoms with Crippen molar-refractivity contribution in [2.24, 2.45) is 0 Å². The molecule has 7 nitrogen and oxygen atoms in total. The van der Waals surface area contributed by atoms with E-state index in [1.54, 1.807) is 31.4 Å². The van der Waals surface area contributed by atoms with Crippen molar-refractivity contribution in [2.45, 2.75) is 32.4 Å². The molecule has 1 aromatic heterocycles. The fourth-order valence-electron chi connectivity index (χ4n) is 4.15. The molecule has 1 N–H and O–H groups in total. The second kappa shape index (κ2) is 10.0. The molecule has 0 saturated heterocycles. The Morgan fingerprint density at radius 2 is 1.97 bits per heavy atom. The molecule has 1 aliphatic rings. The maximum absolute atomic E-state index is 13.7. The quantitative estimate of drug-likeness (QED) is 0.288. The monoisotopic (exact) mass is 527 g/mol. The van der Waals surface area contributed by atoms with Crippen LogP contribution in [0.2, 0.25) is 0 Å². The van der Waals surface area contributed by atoms with E-state index >= 15 is 0 Å². The van der Waals surface area contributed by atoms with Crippen molar-refractivity contribution in [3.63, 3.8) is 0 Å². The van der Waals surface area contributed by atoms with Gasteiger partial charge in [-0.25, -0.2) is 0 Å². The van der Waals surface area contributed by atoms with Crippen LogP contribution in [0.4, 0.5) is 0 Å². The molecule has 0 aliphatic carbocycles. The molecule has 0 radical (unpaired) electrons. The van der Waals surface area contributed by atoms with E-state index in [1.165, 1.54) is 4.90 Å². The largest absolute Gasteiger partial charge is 0.503 e. The Bertz CT molecular complexity index is 1260. The lowest BCUT2D eigenvalue weighted by molar-refractivity contribution is -0.129. The van der Waals surface area contributed by atoms with Crippen molar-refractivity contribution < 1.29 is 28.6 Å². The van der Waals surface area contributed by atoms with Gasteiger partial charge in [-0.1, -0.05) is 34.1 Å². The van der Waals surface area contributed by atoms with Crippen molar-refractivity contribution in [3.05, 3.63) is 75.7 Å². The highest BCUT2D eigenvalue weighted by Crippen LogP contribution is 2.43. The molecule has 34 heavy (non-hydrogen) atoms. The average Bonchev–Trinajstić information content (AvgIpc) is 3.33. The molecule has 2 heterocycles. The molecule has 1 amide bonds. The van der Waals surface area contributed by atoms with E-state index in [9.17, 15) is 14.7 Å². The number of aliphatic hydroxyl groups is 1. The lowest BCUT2D eigenvalue weighted by Crippen LogP contribution is -2.33. The molecule has 1 aliphatic heterocycles. The van der Waals surface area contributed by atoms with E-state index in [1.807, 2.05) is 38.1 Å². The van der Waals surface area contributed by atoms with Crippen LogP contribution >= 0.6 is 15.9 Å². The van der Waals surface area contributed by atoms with Gasteiger partial charge in [0.25, 0.3) is 5.91 Å². The van der Waals surface area contributed by atoms with Gasteiger partial charge in [0.05, 0.1) is 17.7 Å². The van der Waals surface area contributed by atoms with E-state index in [-0.39, 0.29) is 17.4 Å². The summed E-state index contributed by atoms with van der Waals surface area (Å²) in [6.07, 6.45) is 0.421. The minimum Gasteiger partial charge on any atom is -0.503 e. The molecular formula is C26H26BrNO6. The van der Waals surface area contributed by atoms with Crippen LogP contribution in [0.25, 0.3) is 11.0 Å². The van der Waals surface area contributed by atoms with Gasteiger partial charge in [0.1, 0.15) is 11.3 Å². The number of ether oxygens (including phenoxy) is 2. The number of hydrogen-bond acceptors (Lipinski definition) is 6. The maximum Gasteiger partial charge on any atom is 0.290 e. The summed E-state index contributed by atoms with van der Waals surface area (Å²) < 4.78 is 17.8. The normalized spacial score (nSPS) is 16.2. The van der Waals surface area contributed by atoms with E-state index in [4.69, 9.17) is 13.9 Å². The van der Waals surface area contributed by atoms with Gasteiger partial charge >= 0.3 is 0 Å². The minimum absolute atomic E-state index is 0.0275. The van der Waals surface area contributed by atoms with Crippen LogP contribution in [0.15, 0.2) is 68.8 Å². The van der Waals surface area contributed by atoms with Crippen molar-refractivity contribution in [3.8, 4) is 5.75 Å². The molecule has 0 bridgehead atoms. The lowest BCUT2D eigenvalue weighted by Gasteiger charge is -2.28. The number of methoxy groups -OCH3 is 1. The highest BCUT2D eigenvalue weighted by atomic mass is 79.9. The summed E-state index contributed by atoms with van der Waals surface area (Å²) in [5, 5.41) is 11.6. The first-order valence-corrected chi connectivity index (χ1v) is 11.8. The van der Waals surface area contributed by atoms with Crippen molar-refractivity contribution in [2.75, 3.05) is 20.3 Å². The Hall–Kier alpha value is -3.10. The second-order valence-corrected chi connectivity index (χ2v) is 9.25. The number of halogens is 1. The zero-order chi connectivity index (χ0) is 24.4. The molecule has 3 aromatic rings. The SMILES string of the molecule is COCCCN1C(=O)C(O)=C(C(=O)c2cc3cc(Br)ccc3o2)C1c1ccccc1OC(C)C. The molecule has 8 heteroatoms. The second-order valence-electron chi connectivity index (χ2n) is 8.34. The third kappa shape index (κ3) is 4.60. The molecule has 1 atom stereocenters. The average molecular weight is 528 g/mol. The third-order valence-corrected chi connectivity index (χ3v) is 6.07.